The summed E-state index contributed by atoms with van der Waals surface area (Å²) in [5.74, 6) is -0.402. The summed E-state index contributed by atoms with van der Waals surface area (Å²) in [4.78, 5) is 21.7. The second-order valence-corrected chi connectivity index (χ2v) is 4.45. The Labute approximate surface area is 104 Å². The van der Waals surface area contributed by atoms with Crippen LogP contribution in [-0.2, 0) is 9.59 Å². The molecule has 17 heavy (non-hydrogen) atoms. The smallest absolute Gasteiger partial charge is 0.303 e. The van der Waals surface area contributed by atoms with Crippen LogP contribution >= 0.6 is 0 Å². The van der Waals surface area contributed by atoms with Crippen molar-refractivity contribution in [3.05, 3.63) is 0 Å². The third-order valence-electron chi connectivity index (χ3n) is 2.76. The molecule has 0 saturated carbocycles. The van der Waals surface area contributed by atoms with Gasteiger partial charge in [-0.2, -0.15) is 0 Å². The number of nitrogens with two attached hydrogens (primary N) is 1. The maximum absolute atomic E-state index is 11.4. The van der Waals surface area contributed by atoms with Crippen molar-refractivity contribution in [1.29, 1.82) is 0 Å². The lowest BCUT2D eigenvalue weighted by Gasteiger charge is -2.01. The highest BCUT2D eigenvalue weighted by molar-refractivity contribution is 5.78. The van der Waals surface area contributed by atoms with Crippen LogP contribution < -0.4 is 5.73 Å². The molecule has 0 fully saturated rings. The predicted molar refractivity (Wildman–Crippen MR) is 67.9 cm³/mol. The summed E-state index contributed by atoms with van der Waals surface area (Å²) in [6.07, 6.45) is 8.06. The number of unbranched alkanes of at least 4 members (excludes halogenated alkanes) is 5. The third kappa shape index (κ3) is 13.0. The Morgan fingerprint density at radius 1 is 0.765 bits per heavy atom. The number of carboxylic acids is 1. The van der Waals surface area contributed by atoms with Crippen LogP contribution in [0.4, 0.5) is 0 Å². The highest BCUT2D eigenvalue weighted by Crippen LogP contribution is 2.08. The number of Topliss-reactive ketones (excluding diaryl/α,β-unsaturated/α-hetero) is 1. The molecule has 0 rings (SSSR count). The van der Waals surface area contributed by atoms with Crippen molar-refractivity contribution in [3.63, 3.8) is 0 Å². The molecule has 100 valence electrons. The van der Waals surface area contributed by atoms with Crippen molar-refractivity contribution in [2.45, 2.75) is 64.2 Å². The molecule has 4 nitrogen and oxygen atoms in total. The van der Waals surface area contributed by atoms with Gasteiger partial charge in [0.25, 0.3) is 0 Å². The molecule has 0 aromatic carbocycles. The van der Waals surface area contributed by atoms with E-state index in [0.717, 1.165) is 44.9 Å². The van der Waals surface area contributed by atoms with Gasteiger partial charge in [0.05, 0.1) is 0 Å². The van der Waals surface area contributed by atoms with Crippen LogP contribution in [0.25, 0.3) is 0 Å². The molecule has 0 aromatic heterocycles. The number of carbonyl (C=O) groups is 2. The largest absolute Gasteiger partial charge is 0.481 e. The monoisotopic (exact) mass is 243 g/mol. The standard InChI is InChI=1S/C13H25NO3/c14-11-7-3-5-9-12(15)8-4-1-2-6-10-13(16)17/h1-11,14H2,(H,16,17). The molecule has 0 unspecified atom stereocenters. The quantitative estimate of drug-likeness (QED) is 0.516. The molecule has 0 aromatic rings. The van der Waals surface area contributed by atoms with Crippen LogP contribution in [0.3, 0.4) is 0 Å². The molecule has 0 heterocycles. The van der Waals surface area contributed by atoms with Crippen molar-refractivity contribution in [1.82, 2.24) is 0 Å². The van der Waals surface area contributed by atoms with Gasteiger partial charge in [0.1, 0.15) is 5.78 Å². The van der Waals surface area contributed by atoms with Gasteiger partial charge in [0, 0.05) is 19.3 Å². The first kappa shape index (κ1) is 16.1. The van der Waals surface area contributed by atoms with Crippen molar-refractivity contribution in [3.8, 4) is 0 Å². The average molecular weight is 243 g/mol. The zero-order chi connectivity index (χ0) is 12.9. The zero-order valence-corrected chi connectivity index (χ0v) is 10.6. The normalized spacial score (nSPS) is 10.4. The van der Waals surface area contributed by atoms with Crippen LogP contribution in [-0.4, -0.2) is 23.4 Å². The van der Waals surface area contributed by atoms with Crippen LogP contribution in [0.1, 0.15) is 64.2 Å². The molecular weight excluding hydrogens is 218 g/mol. The fraction of sp³-hybridized carbons (Fsp3) is 0.846. The van der Waals surface area contributed by atoms with E-state index in [0.29, 0.717) is 25.2 Å². The van der Waals surface area contributed by atoms with Gasteiger partial charge in [-0.15, -0.1) is 0 Å². The first-order valence-corrected chi connectivity index (χ1v) is 6.60. The van der Waals surface area contributed by atoms with E-state index in [4.69, 9.17) is 10.8 Å². The van der Waals surface area contributed by atoms with Crippen molar-refractivity contribution in [2.75, 3.05) is 6.54 Å². The second-order valence-electron chi connectivity index (χ2n) is 4.45. The Hall–Kier alpha value is -0.900. The number of hydrogen-bond donors (Lipinski definition) is 2. The first-order chi connectivity index (χ1) is 8.16. The Morgan fingerprint density at radius 2 is 1.24 bits per heavy atom. The van der Waals surface area contributed by atoms with E-state index in [1.165, 1.54) is 0 Å². The van der Waals surface area contributed by atoms with Gasteiger partial charge in [-0.25, -0.2) is 0 Å². The summed E-state index contributed by atoms with van der Waals surface area (Å²) in [6.45, 7) is 0.706. The number of aliphatic carboxylic acids is 1. The minimum atomic E-state index is -0.735. The van der Waals surface area contributed by atoms with E-state index in [9.17, 15) is 9.59 Å². The highest BCUT2D eigenvalue weighted by atomic mass is 16.4. The maximum Gasteiger partial charge on any atom is 0.303 e. The van der Waals surface area contributed by atoms with E-state index < -0.39 is 5.97 Å². The fourth-order valence-electron chi connectivity index (χ4n) is 1.72. The Balaban J connectivity index is 3.19. The van der Waals surface area contributed by atoms with Gasteiger partial charge in [0.15, 0.2) is 0 Å². The van der Waals surface area contributed by atoms with E-state index in [-0.39, 0.29) is 6.42 Å². The molecule has 0 aliphatic heterocycles. The van der Waals surface area contributed by atoms with E-state index in [1.54, 1.807) is 0 Å². The number of hydrogen-bond acceptors (Lipinski definition) is 3. The number of rotatable bonds is 12. The Kier molecular flexibility index (Phi) is 11.0. The lowest BCUT2D eigenvalue weighted by molar-refractivity contribution is -0.137. The molecule has 0 bridgehead atoms. The predicted octanol–water partition coefficient (Wildman–Crippen LogP) is 2.50. The minimum Gasteiger partial charge on any atom is -0.481 e. The van der Waals surface area contributed by atoms with Gasteiger partial charge < -0.3 is 10.8 Å². The van der Waals surface area contributed by atoms with Gasteiger partial charge in [-0.05, 0) is 32.2 Å². The summed E-state index contributed by atoms with van der Waals surface area (Å²) >= 11 is 0. The maximum atomic E-state index is 11.4. The fourth-order valence-corrected chi connectivity index (χ4v) is 1.72. The SMILES string of the molecule is NCCCCCC(=O)CCCCCCC(=O)O. The molecule has 0 aliphatic carbocycles. The van der Waals surface area contributed by atoms with Gasteiger partial charge in [-0.1, -0.05) is 19.3 Å². The minimum absolute atomic E-state index is 0.243. The average Bonchev–Trinajstić information content (AvgIpc) is 2.29. The Bertz CT molecular complexity index is 217. The van der Waals surface area contributed by atoms with Crippen molar-refractivity contribution in [2.24, 2.45) is 5.73 Å². The molecule has 0 spiro atoms. The van der Waals surface area contributed by atoms with Gasteiger partial charge in [0.2, 0.25) is 0 Å². The van der Waals surface area contributed by atoms with Gasteiger partial charge >= 0.3 is 5.97 Å². The summed E-state index contributed by atoms with van der Waals surface area (Å²) in [5, 5.41) is 8.44. The molecule has 4 heteroatoms. The third-order valence-corrected chi connectivity index (χ3v) is 2.76. The lowest BCUT2D eigenvalue weighted by Crippen LogP contribution is -2.01. The van der Waals surface area contributed by atoms with E-state index >= 15 is 0 Å². The van der Waals surface area contributed by atoms with Crippen molar-refractivity contribution < 1.29 is 14.7 Å². The summed E-state index contributed by atoms with van der Waals surface area (Å²) < 4.78 is 0. The summed E-state index contributed by atoms with van der Waals surface area (Å²) in [6, 6.07) is 0. The molecule has 0 aliphatic rings. The van der Waals surface area contributed by atoms with Crippen LogP contribution in [0.2, 0.25) is 0 Å². The molecule has 0 radical (unpaired) electrons. The van der Waals surface area contributed by atoms with E-state index in [1.807, 2.05) is 0 Å². The molecular formula is C13H25NO3. The number of carboxylic acid groups (broad SMARTS) is 1. The van der Waals surface area contributed by atoms with Gasteiger partial charge in [-0.3, -0.25) is 9.59 Å². The Morgan fingerprint density at radius 3 is 1.71 bits per heavy atom. The second kappa shape index (κ2) is 11.6. The zero-order valence-electron chi connectivity index (χ0n) is 10.6. The lowest BCUT2D eigenvalue weighted by atomic mass is 10.0. The first-order valence-electron chi connectivity index (χ1n) is 6.60. The summed E-state index contributed by atoms with van der Waals surface area (Å²) in [7, 11) is 0. The van der Waals surface area contributed by atoms with Crippen LogP contribution in [0.5, 0.6) is 0 Å². The van der Waals surface area contributed by atoms with Crippen LogP contribution in [0.15, 0.2) is 0 Å². The topological polar surface area (TPSA) is 80.4 Å². The van der Waals surface area contributed by atoms with Crippen LogP contribution in [0, 0.1) is 0 Å². The van der Waals surface area contributed by atoms with E-state index in [2.05, 4.69) is 0 Å². The highest BCUT2D eigenvalue weighted by Gasteiger charge is 2.02. The number of ketones is 1. The summed E-state index contributed by atoms with van der Waals surface area (Å²) in [5.41, 5.74) is 5.37. The molecule has 0 atom stereocenters. The molecule has 0 saturated heterocycles. The number of carbonyl (C=O) groups excluding carboxylic acids is 1. The molecule has 3 N–H and O–H groups in total. The molecule has 0 amide bonds. The van der Waals surface area contributed by atoms with Crippen molar-refractivity contribution >= 4 is 11.8 Å².